The van der Waals surface area contributed by atoms with E-state index in [2.05, 4.69) is 10.3 Å². The van der Waals surface area contributed by atoms with Crippen molar-refractivity contribution >= 4 is 28.9 Å². The van der Waals surface area contributed by atoms with Crippen molar-refractivity contribution in [3.63, 3.8) is 0 Å². The van der Waals surface area contributed by atoms with Gasteiger partial charge in [-0.25, -0.2) is 4.98 Å². The Hall–Kier alpha value is -2.47. The highest BCUT2D eigenvalue weighted by Gasteiger charge is 2.11. The van der Waals surface area contributed by atoms with E-state index in [9.17, 15) is 14.9 Å². The maximum Gasteiger partial charge on any atom is 0.269 e. The monoisotopic (exact) mass is 305 g/mol. The van der Waals surface area contributed by atoms with Crippen LogP contribution in [0.1, 0.15) is 11.1 Å². The van der Waals surface area contributed by atoms with Gasteiger partial charge in [0.1, 0.15) is 0 Å². The number of amides is 1. The predicted octanol–water partition coefficient (Wildman–Crippen LogP) is 3.13. The molecule has 0 aliphatic carbocycles. The van der Waals surface area contributed by atoms with Crippen LogP contribution in [0.15, 0.2) is 36.5 Å². The minimum absolute atomic E-state index is 0.0198. The molecule has 7 heteroatoms. The molecule has 1 heterocycles. The zero-order valence-corrected chi connectivity index (χ0v) is 11.9. The van der Waals surface area contributed by atoms with Crippen LogP contribution < -0.4 is 5.32 Å². The number of carbonyl (C=O) groups excluding carboxylic acids is 1. The molecule has 0 radical (unpaired) electrons. The molecule has 0 atom stereocenters. The Balaban J connectivity index is 2.10. The largest absolute Gasteiger partial charge is 0.323 e. The molecule has 21 heavy (non-hydrogen) atoms. The maximum absolute atomic E-state index is 12.0. The highest BCUT2D eigenvalue weighted by Crippen LogP contribution is 2.20. The first-order valence-electron chi connectivity index (χ1n) is 6.11. The minimum Gasteiger partial charge on any atom is -0.323 e. The van der Waals surface area contributed by atoms with Crippen molar-refractivity contribution in [2.45, 2.75) is 13.3 Å². The molecule has 0 saturated carbocycles. The van der Waals surface area contributed by atoms with E-state index in [1.807, 2.05) is 6.92 Å². The summed E-state index contributed by atoms with van der Waals surface area (Å²) in [5, 5.41) is 13.5. The average Bonchev–Trinajstić information content (AvgIpc) is 2.43. The SMILES string of the molecule is Cc1cnc(Cl)c(NC(=O)Cc2cccc([N+](=O)[O-])c2)c1. The average molecular weight is 306 g/mol. The number of anilines is 1. The number of nitro groups is 1. The summed E-state index contributed by atoms with van der Waals surface area (Å²) >= 11 is 5.89. The van der Waals surface area contributed by atoms with Crippen molar-refractivity contribution in [3.8, 4) is 0 Å². The van der Waals surface area contributed by atoms with Crippen LogP contribution in [0, 0.1) is 17.0 Å². The summed E-state index contributed by atoms with van der Waals surface area (Å²) in [6, 6.07) is 7.66. The zero-order valence-electron chi connectivity index (χ0n) is 11.2. The van der Waals surface area contributed by atoms with E-state index in [4.69, 9.17) is 11.6 Å². The number of aryl methyl sites for hydroxylation is 1. The van der Waals surface area contributed by atoms with Gasteiger partial charge in [-0.05, 0) is 24.1 Å². The van der Waals surface area contributed by atoms with Crippen LogP contribution in [0.5, 0.6) is 0 Å². The van der Waals surface area contributed by atoms with Gasteiger partial charge in [0, 0.05) is 18.3 Å². The van der Waals surface area contributed by atoms with Gasteiger partial charge in [0.15, 0.2) is 5.15 Å². The molecule has 0 aliphatic heterocycles. The number of halogens is 1. The lowest BCUT2D eigenvalue weighted by molar-refractivity contribution is -0.384. The van der Waals surface area contributed by atoms with Crippen LogP contribution in [-0.4, -0.2) is 15.8 Å². The number of benzene rings is 1. The van der Waals surface area contributed by atoms with Crippen molar-refractivity contribution in [2.24, 2.45) is 0 Å². The maximum atomic E-state index is 12.0. The molecule has 0 spiro atoms. The van der Waals surface area contributed by atoms with Gasteiger partial charge in [-0.3, -0.25) is 14.9 Å². The molecule has 0 bridgehead atoms. The first-order valence-corrected chi connectivity index (χ1v) is 6.49. The van der Waals surface area contributed by atoms with Gasteiger partial charge in [0.05, 0.1) is 17.0 Å². The molecule has 0 unspecified atom stereocenters. The molecule has 0 fully saturated rings. The van der Waals surface area contributed by atoms with Crippen molar-refractivity contribution in [1.82, 2.24) is 4.98 Å². The third-order valence-corrected chi connectivity index (χ3v) is 3.04. The van der Waals surface area contributed by atoms with Gasteiger partial charge in [-0.15, -0.1) is 0 Å². The molecule has 108 valence electrons. The smallest absolute Gasteiger partial charge is 0.269 e. The second-order valence-electron chi connectivity index (χ2n) is 4.50. The minimum atomic E-state index is -0.497. The van der Waals surface area contributed by atoms with Crippen molar-refractivity contribution < 1.29 is 9.72 Å². The molecular formula is C14H12ClN3O3. The molecule has 0 saturated heterocycles. The highest BCUT2D eigenvalue weighted by molar-refractivity contribution is 6.32. The van der Waals surface area contributed by atoms with E-state index in [1.165, 1.54) is 12.1 Å². The van der Waals surface area contributed by atoms with E-state index < -0.39 is 4.92 Å². The number of hydrogen-bond acceptors (Lipinski definition) is 4. The number of nitrogens with one attached hydrogen (secondary N) is 1. The second kappa shape index (κ2) is 6.32. The van der Waals surface area contributed by atoms with E-state index in [0.717, 1.165) is 5.56 Å². The fourth-order valence-electron chi connectivity index (χ4n) is 1.80. The van der Waals surface area contributed by atoms with Gasteiger partial charge in [-0.2, -0.15) is 0 Å². The third-order valence-electron chi connectivity index (χ3n) is 2.74. The van der Waals surface area contributed by atoms with Crippen LogP contribution in [0.25, 0.3) is 0 Å². The Morgan fingerprint density at radius 3 is 2.90 bits per heavy atom. The Morgan fingerprint density at radius 2 is 2.19 bits per heavy atom. The predicted molar refractivity (Wildman–Crippen MR) is 79.4 cm³/mol. The van der Waals surface area contributed by atoms with E-state index in [1.54, 1.807) is 24.4 Å². The molecule has 2 rings (SSSR count). The Morgan fingerprint density at radius 1 is 1.43 bits per heavy atom. The third kappa shape index (κ3) is 4.00. The number of rotatable bonds is 4. The Labute approximate surface area is 125 Å². The standard InChI is InChI=1S/C14H12ClN3O3/c1-9-5-12(14(15)16-8-9)17-13(19)7-10-3-2-4-11(6-10)18(20)21/h2-6,8H,7H2,1H3,(H,17,19). The summed E-state index contributed by atoms with van der Waals surface area (Å²) in [6.07, 6.45) is 1.62. The summed E-state index contributed by atoms with van der Waals surface area (Å²) in [4.78, 5) is 26.1. The first kappa shape index (κ1) is 14.9. The first-order chi connectivity index (χ1) is 9.95. The topological polar surface area (TPSA) is 85.1 Å². The van der Waals surface area contributed by atoms with Crippen LogP contribution in [0.2, 0.25) is 5.15 Å². The number of hydrogen-bond donors (Lipinski definition) is 1. The molecule has 2 aromatic rings. The summed E-state index contributed by atoms with van der Waals surface area (Å²) in [5.41, 5.74) is 1.80. The zero-order chi connectivity index (χ0) is 15.4. The fourth-order valence-corrected chi connectivity index (χ4v) is 1.95. The van der Waals surface area contributed by atoms with Crippen molar-refractivity contribution in [3.05, 3.63) is 62.9 Å². The van der Waals surface area contributed by atoms with Gasteiger partial charge in [-0.1, -0.05) is 23.7 Å². The summed E-state index contributed by atoms with van der Waals surface area (Å²) in [7, 11) is 0. The lowest BCUT2D eigenvalue weighted by Crippen LogP contribution is -2.15. The highest BCUT2D eigenvalue weighted by atomic mass is 35.5. The van der Waals surface area contributed by atoms with Gasteiger partial charge >= 0.3 is 0 Å². The van der Waals surface area contributed by atoms with Crippen molar-refractivity contribution in [1.29, 1.82) is 0 Å². The van der Waals surface area contributed by atoms with Gasteiger partial charge in [0.25, 0.3) is 5.69 Å². The van der Waals surface area contributed by atoms with E-state index in [-0.39, 0.29) is 23.2 Å². The molecule has 6 nitrogen and oxygen atoms in total. The summed E-state index contributed by atoms with van der Waals surface area (Å²) in [6.45, 7) is 1.83. The fraction of sp³-hybridized carbons (Fsp3) is 0.143. The van der Waals surface area contributed by atoms with Crippen LogP contribution >= 0.6 is 11.6 Å². The molecule has 1 aromatic heterocycles. The molecule has 0 aliphatic rings. The number of pyridine rings is 1. The molecule has 1 aromatic carbocycles. The molecular weight excluding hydrogens is 294 g/mol. The van der Waals surface area contributed by atoms with Gasteiger partial charge < -0.3 is 5.32 Å². The summed E-state index contributed by atoms with van der Waals surface area (Å²) < 4.78 is 0. The Kier molecular flexibility index (Phi) is 4.49. The number of carbonyl (C=O) groups is 1. The quantitative estimate of drug-likeness (QED) is 0.534. The number of nitro benzene ring substituents is 1. The van der Waals surface area contributed by atoms with Gasteiger partial charge in [0.2, 0.25) is 5.91 Å². The number of aromatic nitrogens is 1. The van der Waals surface area contributed by atoms with Crippen LogP contribution in [-0.2, 0) is 11.2 Å². The van der Waals surface area contributed by atoms with Crippen LogP contribution in [0.3, 0.4) is 0 Å². The number of nitrogens with zero attached hydrogens (tertiary/aromatic N) is 2. The lowest BCUT2D eigenvalue weighted by atomic mass is 10.1. The summed E-state index contributed by atoms with van der Waals surface area (Å²) in [5.74, 6) is -0.315. The van der Waals surface area contributed by atoms with E-state index in [0.29, 0.717) is 11.3 Å². The molecule has 1 N–H and O–H groups in total. The normalized spacial score (nSPS) is 10.2. The second-order valence-corrected chi connectivity index (χ2v) is 4.86. The van der Waals surface area contributed by atoms with Crippen molar-refractivity contribution in [2.75, 3.05) is 5.32 Å². The Bertz CT molecular complexity index is 704. The molecule has 1 amide bonds. The number of non-ortho nitro benzene ring substituents is 1. The van der Waals surface area contributed by atoms with E-state index >= 15 is 0 Å². The van der Waals surface area contributed by atoms with Crippen LogP contribution in [0.4, 0.5) is 11.4 Å². The lowest BCUT2D eigenvalue weighted by Gasteiger charge is -2.07.